The summed E-state index contributed by atoms with van der Waals surface area (Å²) in [5, 5.41) is 3.54. The Morgan fingerprint density at radius 2 is 2.11 bits per heavy atom. The number of thioether (sulfide) groups is 1. The highest BCUT2D eigenvalue weighted by Crippen LogP contribution is 2.35. The highest BCUT2D eigenvalue weighted by Gasteiger charge is 2.29. The lowest BCUT2D eigenvalue weighted by Crippen LogP contribution is -2.31. The molecule has 0 amide bonds. The van der Waals surface area contributed by atoms with Crippen molar-refractivity contribution >= 4 is 11.8 Å². The van der Waals surface area contributed by atoms with Gasteiger partial charge in [-0.3, -0.25) is 0 Å². The first-order chi connectivity index (χ1) is 8.81. The highest BCUT2D eigenvalue weighted by atomic mass is 32.2. The Morgan fingerprint density at radius 3 is 2.79 bits per heavy atom. The Bertz CT molecular complexity index is 454. The lowest BCUT2D eigenvalue weighted by molar-refractivity contribution is 0.138. The number of fused-ring (bicyclic) bond motifs is 1. The van der Waals surface area contributed by atoms with Crippen LogP contribution in [0.15, 0.2) is 18.2 Å². The number of hydrogen-bond donors (Lipinski definition) is 1. The van der Waals surface area contributed by atoms with E-state index in [4.69, 9.17) is 4.74 Å². The minimum Gasteiger partial charge on any atom is -0.487 e. The van der Waals surface area contributed by atoms with Crippen LogP contribution in [0, 0.1) is 0 Å². The molecule has 0 unspecified atom stereocenters. The van der Waals surface area contributed by atoms with Crippen LogP contribution in [0.5, 0.6) is 5.75 Å². The molecule has 0 bridgehead atoms. The summed E-state index contributed by atoms with van der Waals surface area (Å²) < 4.78 is 6.20. The largest absolute Gasteiger partial charge is 0.487 e. The zero-order valence-corrected chi connectivity index (χ0v) is 13.5. The van der Waals surface area contributed by atoms with Crippen molar-refractivity contribution < 1.29 is 4.74 Å². The third kappa shape index (κ3) is 3.90. The second-order valence-electron chi connectivity index (χ2n) is 6.55. The van der Waals surface area contributed by atoms with E-state index in [0.29, 0.717) is 4.75 Å². The molecule has 2 rings (SSSR count). The van der Waals surface area contributed by atoms with Crippen molar-refractivity contribution in [3.63, 3.8) is 0 Å². The van der Waals surface area contributed by atoms with Crippen molar-refractivity contribution in [1.82, 2.24) is 5.32 Å². The number of ether oxygens (including phenoxy) is 1. The molecule has 0 atom stereocenters. The summed E-state index contributed by atoms with van der Waals surface area (Å²) in [5.41, 5.74) is 2.64. The predicted molar refractivity (Wildman–Crippen MR) is 84.2 cm³/mol. The van der Waals surface area contributed by atoms with E-state index in [1.54, 1.807) is 0 Å². The molecule has 3 heteroatoms. The summed E-state index contributed by atoms with van der Waals surface area (Å²) in [6.45, 7) is 10.8. The fourth-order valence-electron chi connectivity index (χ4n) is 2.35. The van der Waals surface area contributed by atoms with Gasteiger partial charge in [0.2, 0.25) is 0 Å². The van der Waals surface area contributed by atoms with Crippen LogP contribution in [-0.4, -0.2) is 23.1 Å². The Hall–Kier alpha value is -0.670. The molecule has 0 saturated heterocycles. The van der Waals surface area contributed by atoms with Gasteiger partial charge in [0.15, 0.2) is 0 Å². The first-order valence-corrected chi connectivity index (χ1v) is 8.10. The second-order valence-corrected chi connectivity index (χ2v) is 8.06. The van der Waals surface area contributed by atoms with E-state index in [2.05, 4.69) is 57.5 Å². The molecule has 0 spiro atoms. The van der Waals surface area contributed by atoms with Crippen molar-refractivity contribution in [2.24, 2.45) is 0 Å². The summed E-state index contributed by atoms with van der Waals surface area (Å²) in [5.74, 6) is 1.05. The molecule has 1 aromatic carbocycles. The SMILES string of the molecule is CSC(C)(C)CNCc1ccc2c(c1)CC(C)(C)O2. The molecule has 0 radical (unpaired) electrons. The molecule has 2 nitrogen and oxygen atoms in total. The van der Waals surface area contributed by atoms with E-state index in [1.165, 1.54) is 11.1 Å². The molecule has 1 heterocycles. The van der Waals surface area contributed by atoms with Gasteiger partial charge in [0.25, 0.3) is 0 Å². The Morgan fingerprint density at radius 1 is 1.37 bits per heavy atom. The van der Waals surface area contributed by atoms with Gasteiger partial charge >= 0.3 is 0 Å². The first-order valence-electron chi connectivity index (χ1n) is 6.88. The van der Waals surface area contributed by atoms with Gasteiger partial charge < -0.3 is 10.1 Å². The third-order valence-electron chi connectivity index (χ3n) is 3.56. The summed E-state index contributed by atoms with van der Waals surface area (Å²) in [7, 11) is 0. The van der Waals surface area contributed by atoms with Gasteiger partial charge in [0.1, 0.15) is 11.4 Å². The van der Waals surface area contributed by atoms with Crippen LogP contribution >= 0.6 is 11.8 Å². The van der Waals surface area contributed by atoms with Crippen LogP contribution in [-0.2, 0) is 13.0 Å². The summed E-state index contributed by atoms with van der Waals surface area (Å²) in [6.07, 6.45) is 3.17. The van der Waals surface area contributed by atoms with Gasteiger partial charge in [-0.25, -0.2) is 0 Å². The van der Waals surface area contributed by atoms with Gasteiger partial charge in [-0.05, 0) is 51.1 Å². The molecular formula is C16H25NOS. The lowest BCUT2D eigenvalue weighted by atomic mass is 10.0. The van der Waals surface area contributed by atoms with Crippen LogP contribution in [0.4, 0.5) is 0 Å². The van der Waals surface area contributed by atoms with Crippen LogP contribution in [0.3, 0.4) is 0 Å². The van der Waals surface area contributed by atoms with E-state index in [0.717, 1.165) is 25.3 Å². The minimum atomic E-state index is -0.0464. The van der Waals surface area contributed by atoms with Crippen molar-refractivity contribution in [2.45, 2.75) is 51.0 Å². The highest BCUT2D eigenvalue weighted by molar-refractivity contribution is 7.99. The normalized spacial score (nSPS) is 17.1. The van der Waals surface area contributed by atoms with Crippen LogP contribution in [0.2, 0.25) is 0 Å². The third-order valence-corrected chi connectivity index (χ3v) is 4.81. The average Bonchev–Trinajstić information content (AvgIpc) is 2.62. The molecule has 0 aromatic heterocycles. The Balaban J connectivity index is 1.94. The molecule has 19 heavy (non-hydrogen) atoms. The Kier molecular flexibility index (Phi) is 4.17. The monoisotopic (exact) mass is 279 g/mol. The van der Waals surface area contributed by atoms with Crippen molar-refractivity contribution in [3.05, 3.63) is 29.3 Å². The molecule has 0 saturated carbocycles. The number of benzene rings is 1. The molecule has 106 valence electrons. The van der Waals surface area contributed by atoms with Crippen molar-refractivity contribution in [2.75, 3.05) is 12.8 Å². The maximum Gasteiger partial charge on any atom is 0.123 e. The molecule has 1 aliphatic rings. The van der Waals surface area contributed by atoms with Gasteiger partial charge in [0.05, 0.1) is 0 Å². The van der Waals surface area contributed by atoms with Gasteiger partial charge in [-0.1, -0.05) is 12.1 Å². The van der Waals surface area contributed by atoms with E-state index < -0.39 is 0 Å². The van der Waals surface area contributed by atoms with E-state index in [9.17, 15) is 0 Å². The first kappa shape index (κ1) is 14.7. The van der Waals surface area contributed by atoms with Crippen LogP contribution in [0.1, 0.15) is 38.8 Å². The average molecular weight is 279 g/mol. The van der Waals surface area contributed by atoms with Crippen LogP contribution in [0.25, 0.3) is 0 Å². The molecule has 1 aromatic rings. The van der Waals surface area contributed by atoms with Crippen LogP contribution < -0.4 is 10.1 Å². The number of rotatable bonds is 5. The zero-order valence-electron chi connectivity index (χ0n) is 12.7. The van der Waals surface area contributed by atoms with Gasteiger partial charge in [-0.2, -0.15) is 11.8 Å². The Labute approximate surface area is 121 Å². The van der Waals surface area contributed by atoms with Gasteiger partial charge in [-0.15, -0.1) is 0 Å². The van der Waals surface area contributed by atoms with Gasteiger partial charge in [0, 0.05) is 24.3 Å². The molecule has 1 N–H and O–H groups in total. The number of nitrogens with one attached hydrogen (secondary N) is 1. The molecule has 1 aliphatic heterocycles. The second kappa shape index (κ2) is 5.37. The zero-order chi connectivity index (χ0) is 14.1. The lowest BCUT2D eigenvalue weighted by Gasteiger charge is -2.22. The molecule has 0 aliphatic carbocycles. The standard InChI is InChI=1S/C16H25NOS/c1-15(2)9-13-8-12(6-7-14(13)18-15)10-17-11-16(3,4)19-5/h6-8,17H,9-11H2,1-5H3. The fraction of sp³-hybridized carbons (Fsp3) is 0.625. The maximum absolute atomic E-state index is 5.90. The topological polar surface area (TPSA) is 21.3 Å². The van der Waals surface area contributed by atoms with E-state index in [1.807, 2.05) is 11.8 Å². The minimum absolute atomic E-state index is 0.0464. The fourth-order valence-corrected chi connectivity index (χ4v) is 2.60. The maximum atomic E-state index is 5.90. The van der Waals surface area contributed by atoms with E-state index >= 15 is 0 Å². The quantitative estimate of drug-likeness (QED) is 0.889. The van der Waals surface area contributed by atoms with E-state index in [-0.39, 0.29) is 5.60 Å². The predicted octanol–water partition coefficient (Wildman–Crippen LogP) is 3.63. The summed E-state index contributed by atoms with van der Waals surface area (Å²) in [4.78, 5) is 0. The summed E-state index contributed by atoms with van der Waals surface area (Å²) in [6, 6.07) is 6.56. The van der Waals surface area contributed by atoms with Crippen molar-refractivity contribution in [3.8, 4) is 5.75 Å². The smallest absolute Gasteiger partial charge is 0.123 e. The number of hydrogen-bond acceptors (Lipinski definition) is 3. The molecular weight excluding hydrogens is 254 g/mol. The summed E-state index contributed by atoms with van der Waals surface area (Å²) >= 11 is 1.90. The van der Waals surface area contributed by atoms with Crippen molar-refractivity contribution in [1.29, 1.82) is 0 Å². The molecule has 0 fully saturated rings.